The van der Waals surface area contributed by atoms with Gasteiger partial charge in [-0.25, -0.2) is 15.0 Å². The number of carbonyl (C=O) groups excluding carboxylic acids is 1. The molecule has 0 aliphatic carbocycles. The number of aromatic nitrogens is 3. The van der Waals surface area contributed by atoms with E-state index in [1.165, 1.54) is 29.6 Å². The van der Waals surface area contributed by atoms with Crippen LogP contribution in [0.15, 0.2) is 30.6 Å². The summed E-state index contributed by atoms with van der Waals surface area (Å²) in [4.78, 5) is 27.7. The summed E-state index contributed by atoms with van der Waals surface area (Å²) in [7, 11) is 0. The number of aryl methyl sites for hydroxylation is 1. The first-order valence-electron chi connectivity index (χ1n) is 8.44. The van der Waals surface area contributed by atoms with Crippen LogP contribution in [0.3, 0.4) is 0 Å². The smallest absolute Gasteiger partial charge is 0.276 e. The maximum atomic E-state index is 12.5. The monoisotopic (exact) mass is 353 g/mol. The molecule has 25 heavy (non-hydrogen) atoms. The highest BCUT2D eigenvalue weighted by Crippen LogP contribution is 2.27. The molecule has 6 nitrogen and oxygen atoms in total. The van der Waals surface area contributed by atoms with Crippen LogP contribution < -0.4 is 10.2 Å². The number of hydrogen-bond acceptors (Lipinski definition) is 6. The number of fused-ring (bicyclic) bond motifs is 1. The van der Waals surface area contributed by atoms with E-state index in [0.717, 1.165) is 42.0 Å². The summed E-state index contributed by atoms with van der Waals surface area (Å²) in [5.74, 6) is 0.566. The number of piperidine rings is 1. The number of carbonyl (C=O) groups is 1. The minimum absolute atomic E-state index is 0.253. The van der Waals surface area contributed by atoms with E-state index in [1.54, 1.807) is 6.07 Å². The van der Waals surface area contributed by atoms with Gasteiger partial charge in [0.05, 0.1) is 10.2 Å². The van der Waals surface area contributed by atoms with Crippen molar-refractivity contribution >= 4 is 38.4 Å². The molecule has 1 aliphatic rings. The van der Waals surface area contributed by atoms with E-state index in [0.29, 0.717) is 10.8 Å². The van der Waals surface area contributed by atoms with E-state index in [2.05, 4.69) is 31.2 Å². The first-order chi connectivity index (χ1) is 12.2. The SMILES string of the molecule is Cc1ccc2nc(NC(=O)c3cc(N4CCCCC4)ncn3)sc2c1. The van der Waals surface area contributed by atoms with Crippen molar-refractivity contribution in [3.63, 3.8) is 0 Å². The average Bonchev–Trinajstić information content (AvgIpc) is 3.04. The van der Waals surface area contributed by atoms with E-state index >= 15 is 0 Å². The van der Waals surface area contributed by atoms with Gasteiger partial charge in [-0.1, -0.05) is 17.4 Å². The molecule has 1 amide bonds. The van der Waals surface area contributed by atoms with Gasteiger partial charge in [0, 0.05) is 19.2 Å². The third kappa shape index (κ3) is 3.46. The Kier molecular flexibility index (Phi) is 4.31. The molecule has 0 bridgehead atoms. The molecular weight excluding hydrogens is 334 g/mol. The maximum Gasteiger partial charge on any atom is 0.276 e. The van der Waals surface area contributed by atoms with Gasteiger partial charge >= 0.3 is 0 Å². The van der Waals surface area contributed by atoms with Crippen molar-refractivity contribution in [1.82, 2.24) is 15.0 Å². The standard InChI is InChI=1S/C18H19N5OS/c1-12-5-6-13-15(9-12)25-18(21-13)22-17(24)14-10-16(20-11-19-14)23-7-3-2-4-8-23/h5-6,9-11H,2-4,7-8H2,1H3,(H,21,22,24). The van der Waals surface area contributed by atoms with Crippen LogP contribution >= 0.6 is 11.3 Å². The Labute approximate surface area is 149 Å². The predicted molar refractivity (Wildman–Crippen MR) is 100 cm³/mol. The lowest BCUT2D eigenvalue weighted by atomic mass is 10.1. The summed E-state index contributed by atoms with van der Waals surface area (Å²) in [5, 5.41) is 3.44. The summed E-state index contributed by atoms with van der Waals surface area (Å²) in [6.45, 7) is 4.00. The number of rotatable bonds is 3. The second kappa shape index (κ2) is 6.76. The predicted octanol–water partition coefficient (Wildman–Crippen LogP) is 3.64. The lowest BCUT2D eigenvalue weighted by Crippen LogP contribution is -2.30. The number of thiazole rings is 1. The molecule has 1 aromatic carbocycles. The summed E-state index contributed by atoms with van der Waals surface area (Å²) < 4.78 is 1.06. The lowest BCUT2D eigenvalue weighted by molar-refractivity contribution is 0.102. The first kappa shape index (κ1) is 16.0. The molecule has 1 fully saturated rings. The highest BCUT2D eigenvalue weighted by molar-refractivity contribution is 7.22. The van der Waals surface area contributed by atoms with Crippen molar-refractivity contribution in [3.05, 3.63) is 41.9 Å². The maximum absolute atomic E-state index is 12.5. The van der Waals surface area contributed by atoms with Gasteiger partial charge in [-0.3, -0.25) is 10.1 Å². The van der Waals surface area contributed by atoms with Crippen molar-refractivity contribution in [3.8, 4) is 0 Å². The van der Waals surface area contributed by atoms with E-state index < -0.39 is 0 Å². The van der Waals surface area contributed by atoms with E-state index in [9.17, 15) is 4.79 Å². The Morgan fingerprint density at radius 1 is 1.16 bits per heavy atom. The minimum atomic E-state index is -0.253. The van der Waals surface area contributed by atoms with Crippen molar-refractivity contribution in [2.45, 2.75) is 26.2 Å². The third-order valence-electron chi connectivity index (χ3n) is 4.33. The minimum Gasteiger partial charge on any atom is -0.357 e. The fourth-order valence-electron chi connectivity index (χ4n) is 3.01. The van der Waals surface area contributed by atoms with Crippen molar-refractivity contribution in [1.29, 1.82) is 0 Å². The van der Waals surface area contributed by atoms with Crippen molar-refractivity contribution < 1.29 is 4.79 Å². The average molecular weight is 353 g/mol. The molecule has 3 heterocycles. The number of nitrogens with zero attached hydrogens (tertiary/aromatic N) is 4. The highest BCUT2D eigenvalue weighted by atomic mass is 32.1. The number of amides is 1. The molecule has 7 heteroatoms. The number of benzene rings is 1. The molecule has 1 aliphatic heterocycles. The van der Waals surface area contributed by atoms with Crippen molar-refractivity contribution in [2.75, 3.05) is 23.3 Å². The third-order valence-corrected chi connectivity index (χ3v) is 5.26. The Balaban J connectivity index is 1.53. The summed E-state index contributed by atoms with van der Waals surface area (Å²) in [6, 6.07) is 7.82. The number of hydrogen-bond donors (Lipinski definition) is 1. The van der Waals surface area contributed by atoms with Gasteiger partial charge in [-0.2, -0.15) is 0 Å². The van der Waals surface area contributed by atoms with Crippen LogP contribution in [0.5, 0.6) is 0 Å². The largest absolute Gasteiger partial charge is 0.357 e. The van der Waals surface area contributed by atoms with Crippen LogP contribution in [0, 0.1) is 6.92 Å². The first-order valence-corrected chi connectivity index (χ1v) is 9.26. The second-order valence-corrected chi connectivity index (χ2v) is 7.28. The van der Waals surface area contributed by atoms with Crippen LogP contribution in [0.25, 0.3) is 10.2 Å². The zero-order valence-electron chi connectivity index (χ0n) is 14.0. The molecule has 0 atom stereocenters. The quantitative estimate of drug-likeness (QED) is 0.778. The Hall–Kier alpha value is -2.54. The molecule has 0 unspecified atom stereocenters. The van der Waals surface area contributed by atoms with Gasteiger partial charge in [0.1, 0.15) is 17.8 Å². The Morgan fingerprint density at radius 3 is 2.84 bits per heavy atom. The topological polar surface area (TPSA) is 71.0 Å². The van der Waals surface area contributed by atoms with Crippen LogP contribution in [-0.4, -0.2) is 33.9 Å². The second-order valence-electron chi connectivity index (χ2n) is 6.25. The van der Waals surface area contributed by atoms with Gasteiger partial charge in [0.15, 0.2) is 5.13 Å². The number of nitrogens with one attached hydrogen (secondary N) is 1. The van der Waals surface area contributed by atoms with Gasteiger partial charge in [0.2, 0.25) is 0 Å². The fraction of sp³-hybridized carbons (Fsp3) is 0.333. The van der Waals surface area contributed by atoms with Gasteiger partial charge in [-0.15, -0.1) is 0 Å². The molecule has 0 saturated carbocycles. The Morgan fingerprint density at radius 2 is 2.00 bits per heavy atom. The molecule has 128 valence electrons. The molecule has 0 radical (unpaired) electrons. The van der Waals surface area contributed by atoms with Crippen LogP contribution in [0.2, 0.25) is 0 Å². The van der Waals surface area contributed by atoms with Gasteiger partial charge in [0.25, 0.3) is 5.91 Å². The summed E-state index contributed by atoms with van der Waals surface area (Å²) in [5.41, 5.74) is 2.43. The van der Waals surface area contributed by atoms with Gasteiger partial charge in [-0.05, 0) is 43.9 Å². The lowest BCUT2D eigenvalue weighted by Gasteiger charge is -2.27. The number of anilines is 2. The molecule has 0 spiro atoms. The fourth-order valence-corrected chi connectivity index (χ4v) is 3.97. The van der Waals surface area contributed by atoms with Crippen LogP contribution in [0.1, 0.15) is 35.3 Å². The van der Waals surface area contributed by atoms with E-state index in [4.69, 9.17) is 0 Å². The molecular formula is C18H19N5OS. The highest BCUT2D eigenvalue weighted by Gasteiger charge is 2.16. The van der Waals surface area contributed by atoms with Crippen LogP contribution in [0.4, 0.5) is 10.9 Å². The zero-order chi connectivity index (χ0) is 17.2. The summed E-state index contributed by atoms with van der Waals surface area (Å²) in [6.07, 6.45) is 5.04. The normalized spacial score (nSPS) is 14.7. The zero-order valence-corrected chi connectivity index (χ0v) is 14.8. The van der Waals surface area contributed by atoms with Gasteiger partial charge < -0.3 is 4.90 Å². The molecule has 3 aromatic rings. The molecule has 2 aromatic heterocycles. The van der Waals surface area contributed by atoms with E-state index in [-0.39, 0.29) is 5.91 Å². The Bertz CT molecular complexity index is 917. The van der Waals surface area contributed by atoms with Crippen LogP contribution in [-0.2, 0) is 0 Å². The molecule has 4 rings (SSSR count). The molecule has 1 saturated heterocycles. The summed E-state index contributed by atoms with van der Waals surface area (Å²) >= 11 is 1.47. The van der Waals surface area contributed by atoms with Crippen molar-refractivity contribution in [2.24, 2.45) is 0 Å². The van der Waals surface area contributed by atoms with E-state index in [1.807, 2.05) is 19.1 Å². The molecule has 1 N–H and O–H groups in total.